The number of nitrogens with zero attached hydrogens (tertiary/aromatic N) is 4. The van der Waals surface area contributed by atoms with E-state index in [-0.39, 0.29) is 24.0 Å². The molecule has 8 heteroatoms. The molecule has 35 heavy (non-hydrogen) atoms. The number of likely N-dealkylation sites (tertiary alicyclic amines) is 1. The Kier molecular flexibility index (Phi) is 7.80. The van der Waals surface area contributed by atoms with E-state index in [1.807, 2.05) is 38.1 Å². The third kappa shape index (κ3) is 5.88. The Labute approximate surface area is 205 Å². The van der Waals surface area contributed by atoms with Gasteiger partial charge in [-0.2, -0.15) is 4.68 Å². The lowest BCUT2D eigenvalue weighted by Crippen LogP contribution is -2.27. The molecule has 0 N–H and O–H groups in total. The maximum Gasteiger partial charge on any atom is 0.351 e. The largest absolute Gasteiger partial charge is 0.494 e. The predicted molar refractivity (Wildman–Crippen MR) is 134 cm³/mol. The van der Waals surface area contributed by atoms with Crippen LogP contribution in [-0.4, -0.2) is 51.8 Å². The molecule has 1 aliphatic rings. The van der Waals surface area contributed by atoms with Gasteiger partial charge in [-0.1, -0.05) is 26.0 Å². The zero-order valence-corrected chi connectivity index (χ0v) is 20.7. The molecule has 0 aliphatic carbocycles. The van der Waals surface area contributed by atoms with Gasteiger partial charge in [0.05, 0.1) is 19.3 Å². The van der Waals surface area contributed by atoms with Gasteiger partial charge in [0.2, 0.25) is 0 Å². The molecule has 2 aromatic carbocycles. The number of carbonyl (C=O) groups excluding carboxylic acids is 1. The molecule has 7 nitrogen and oxygen atoms in total. The zero-order valence-electron chi connectivity index (χ0n) is 20.7. The topological polar surface area (TPSA) is 69.4 Å². The Morgan fingerprint density at radius 1 is 1.11 bits per heavy atom. The lowest BCUT2D eigenvalue weighted by Gasteiger charge is -2.14. The van der Waals surface area contributed by atoms with Crippen LogP contribution in [0.4, 0.5) is 4.39 Å². The van der Waals surface area contributed by atoms with E-state index < -0.39 is 11.5 Å². The van der Waals surface area contributed by atoms with Crippen molar-refractivity contribution in [3.63, 3.8) is 0 Å². The number of rotatable bonds is 10. The molecule has 1 fully saturated rings. The standard InChI is InChI=1S/C27H33FN4O3/c1-19(2)16-23(33)18-31-26(21-8-11-24(28)25(17-21)35-3)29-32(27(31)34)22-9-6-20(7-10-22)12-15-30-13-4-5-14-30/h6-11,17,19H,4-5,12-16,18H2,1-3H3. The first kappa shape index (κ1) is 24.9. The molecular formula is C27H33FN4O3. The summed E-state index contributed by atoms with van der Waals surface area (Å²) in [4.78, 5) is 28.5. The van der Waals surface area contributed by atoms with Gasteiger partial charge in [0.1, 0.15) is 0 Å². The van der Waals surface area contributed by atoms with Crippen molar-refractivity contribution in [1.82, 2.24) is 19.2 Å². The molecule has 0 amide bonds. The van der Waals surface area contributed by atoms with Crippen LogP contribution in [0, 0.1) is 11.7 Å². The molecule has 1 aliphatic heterocycles. The molecule has 1 aromatic heterocycles. The van der Waals surface area contributed by atoms with Crippen molar-refractivity contribution < 1.29 is 13.9 Å². The van der Waals surface area contributed by atoms with Crippen LogP contribution in [0.5, 0.6) is 5.75 Å². The third-order valence-electron chi connectivity index (χ3n) is 6.34. The summed E-state index contributed by atoms with van der Waals surface area (Å²) in [6.45, 7) is 7.18. The summed E-state index contributed by atoms with van der Waals surface area (Å²) in [7, 11) is 1.38. The van der Waals surface area contributed by atoms with Crippen molar-refractivity contribution in [3.05, 3.63) is 64.3 Å². The van der Waals surface area contributed by atoms with Crippen molar-refractivity contribution in [3.8, 4) is 22.8 Å². The summed E-state index contributed by atoms with van der Waals surface area (Å²) in [5.74, 6) is -0.0506. The highest BCUT2D eigenvalue weighted by Crippen LogP contribution is 2.25. The smallest absolute Gasteiger partial charge is 0.351 e. The van der Waals surface area contributed by atoms with Crippen molar-refractivity contribution in [2.75, 3.05) is 26.7 Å². The second kappa shape index (κ2) is 11.0. The molecule has 4 rings (SSSR count). The number of halogens is 1. The first-order chi connectivity index (χ1) is 16.9. The number of aromatic nitrogens is 3. The lowest BCUT2D eigenvalue weighted by atomic mass is 10.1. The second-order valence-electron chi connectivity index (χ2n) is 9.56. The van der Waals surface area contributed by atoms with Crippen molar-refractivity contribution >= 4 is 5.78 Å². The number of hydrogen-bond acceptors (Lipinski definition) is 5. The van der Waals surface area contributed by atoms with Crippen LogP contribution in [-0.2, 0) is 17.8 Å². The predicted octanol–water partition coefficient (Wildman–Crippen LogP) is 4.10. The monoisotopic (exact) mass is 480 g/mol. The number of carbonyl (C=O) groups is 1. The van der Waals surface area contributed by atoms with Gasteiger partial charge in [0, 0.05) is 18.5 Å². The highest BCUT2D eigenvalue weighted by molar-refractivity contribution is 5.79. The molecule has 0 radical (unpaired) electrons. The molecule has 2 heterocycles. The molecule has 0 unspecified atom stereocenters. The first-order valence-electron chi connectivity index (χ1n) is 12.2. The highest BCUT2D eigenvalue weighted by Gasteiger charge is 2.20. The van der Waals surface area contributed by atoms with Crippen LogP contribution in [0.15, 0.2) is 47.3 Å². The average Bonchev–Trinajstić information content (AvgIpc) is 3.47. The number of methoxy groups -OCH3 is 1. The van der Waals surface area contributed by atoms with Crippen LogP contribution < -0.4 is 10.4 Å². The maximum absolute atomic E-state index is 14.0. The van der Waals surface area contributed by atoms with E-state index in [0.29, 0.717) is 23.5 Å². The Bertz CT molecular complexity index is 1220. The van der Waals surface area contributed by atoms with Crippen molar-refractivity contribution in [2.24, 2.45) is 5.92 Å². The van der Waals surface area contributed by atoms with Crippen LogP contribution >= 0.6 is 0 Å². The fraction of sp³-hybridized carbons (Fsp3) is 0.444. The SMILES string of the molecule is COc1cc(-c2nn(-c3ccc(CCN4CCCC4)cc3)c(=O)n2CC(=O)CC(C)C)ccc1F. The third-order valence-corrected chi connectivity index (χ3v) is 6.34. The lowest BCUT2D eigenvalue weighted by molar-refractivity contribution is -0.120. The number of benzene rings is 2. The second-order valence-corrected chi connectivity index (χ2v) is 9.56. The molecule has 0 atom stereocenters. The van der Waals surface area contributed by atoms with Gasteiger partial charge in [0.15, 0.2) is 23.2 Å². The van der Waals surface area contributed by atoms with E-state index in [2.05, 4.69) is 10.00 Å². The number of ketones is 1. The van der Waals surface area contributed by atoms with Crippen molar-refractivity contribution in [1.29, 1.82) is 0 Å². The van der Waals surface area contributed by atoms with E-state index in [1.54, 1.807) is 0 Å². The quantitative estimate of drug-likeness (QED) is 0.437. The summed E-state index contributed by atoms with van der Waals surface area (Å²) in [6.07, 6.45) is 3.85. The fourth-order valence-electron chi connectivity index (χ4n) is 4.51. The van der Waals surface area contributed by atoms with Gasteiger partial charge in [-0.25, -0.2) is 9.18 Å². The minimum atomic E-state index is -0.509. The number of hydrogen-bond donors (Lipinski definition) is 0. The van der Waals surface area contributed by atoms with Crippen LogP contribution in [0.3, 0.4) is 0 Å². The maximum atomic E-state index is 14.0. The van der Waals surface area contributed by atoms with Crippen LogP contribution in [0.2, 0.25) is 0 Å². The summed E-state index contributed by atoms with van der Waals surface area (Å²) in [5, 5.41) is 4.55. The molecule has 0 spiro atoms. The Balaban J connectivity index is 1.66. The van der Waals surface area contributed by atoms with E-state index >= 15 is 0 Å². The first-order valence-corrected chi connectivity index (χ1v) is 12.2. The molecular weight excluding hydrogens is 447 g/mol. The van der Waals surface area contributed by atoms with E-state index in [0.717, 1.165) is 26.1 Å². The van der Waals surface area contributed by atoms with Gasteiger partial charge in [-0.3, -0.25) is 9.36 Å². The minimum absolute atomic E-state index is 0.0481. The van der Waals surface area contributed by atoms with E-state index in [9.17, 15) is 14.0 Å². The van der Waals surface area contributed by atoms with Gasteiger partial charge in [0.25, 0.3) is 0 Å². The Hall–Kier alpha value is -3.26. The summed E-state index contributed by atoms with van der Waals surface area (Å²) >= 11 is 0. The average molecular weight is 481 g/mol. The summed E-state index contributed by atoms with van der Waals surface area (Å²) < 4.78 is 21.8. The molecule has 1 saturated heterocycles. The Morgan fingerprint density at radius 3 is 2.49 bits per heavy atom. The summed E-state index contributed by atoms with van der Waals surface area (Å²) in [6, 6.07) is 12.1. The fourth-order valence-corrected chi connectivity index (χ4v) is 4.51. The van der Waals surface area contributed by atoms with Gasteiger partial charge in [-0.05, 0) is 74.2 Å². The van der Waals surface area contributed by atoms with Gasteiger partial charge in [-0.15, -0.1) is 5.10 Å². The van der Waals surface area contributed by atoms with Crippen molar-refractivity contribution in [2.45, 2.75) is 46.1 Å². The minimum Gasteiger partial charge on any atom is -0.494 e. The number of Topliss-reactive ketones (excluding diaryl/α,β-unsaturated/α-hetero) is 1. The van der Waals surface area contributed by atoms with Gasteiger partial charge >= 0.3 is 5.69 Å². The van der Waals surface area contributed by atoms with Crippen LogP contribution in [0.25, 0.3) is 17.1 Å². The van der Waals surface area contributed by atoms with E-state index in [4.69, 9.17) is 4.74 Å². The molecule has 0 bridgehead atoms. The number of ether oxygens (including phenoxy) is 1. The molecule has 186 valence electrons. The zero-order chi connectivity index (χ0) is 24.9. The summed E-state index contributed by atoms with van der Waals surface area (Å²) in [5.41, 5.74) is 1.90. The molecule has 0 saturated carbocycles. The Morgan fingerprint density at radius 2 is 1.83 bits per heavy atom. The van der Waals surface area contributed by atoms with E-state index in [1.165, 1.54) is 53.0 Å². The van der Waals surface area contributed by atoms with Crippen LogP contribution in [0.1, 0.15) is 38.7 Å². The molecule has 3 aromatic rings. The van der Waals surface area contributed by atoms with Gasteiger partial charge < -0.3 is 9.64 Å². The highest BCUT2D eigenvalue weighted by atomic mass is 19.1. The normalized spacial score (nSPS) is 14.1.